The Morgan fingerprint density at radius 1 is 0.971 bits per heavy atom. The molecule has 35 heavy (non-hydrogen) atoms. The van der Waals surface area contributed by atoms with Crippen LogP contribution in [0.4, 0.5) is 17.6 Å². The van der Waals surface area contributed by atoms with E-state index in [1.807, 2.05) is 0 Å². The van der Waals surface area contributed by atoms with Gasteiger partial charge in [-0.2, -0.15) is 18.3 Å². The zero-order valence-corrected chi connectivity index (χ0v) is 19.8. The van der Waals surface area contributed by atoms with Crippen LogP contribution in [0.15, 0.2) is 53.2 Å². The molecule has 0 aliphatic heterocycles. The van der Waals surface area contributed by atoms with Gasteiger partial charge in [0.2, 0.25) is 0 Å². The summed E-state index contributed by atoms with van der Waals surface area (Å²) in [7, 11) is 0. The Morgan fingerprint density at radius 3 is 2.37 bits per heavy atom. The molecule has 3 heterocycles. The van der Waals surface area contributed by atoms with Gasteiger partial charge in [0, 0.05) is 0 Å². The molecular weight excluding hydrogens is 529 g/mol. The maximum atomic E-state index is 14.8. The Kier molecular flexibility index (Phi) is 5.86. The summed E-state index contributed by atoms with van der Waals surface area (Å²) in [6, 6.07) is 9.94. The lowest BCUT2D eigenvalue weighted by Gasteiger charge is -2.13. The lowest BCUT2D eigenvalue weighted by Crippen LogP contribution is -2.14. The van der Waals surface area contributed by atoms with Gasteiger partial charge in [-0.05, 0) is 31.2 Å². The fraction of sp³-hybridized carbons (Fsp3) is 0.0909. The number of aryl methyl sites for hydroxylation is 1. The number of hydrogen-bond acceptors (Lipinski definition) is 6. The quantitative estimate of drug-likeness (QED) is 0.221. The van der Waals surface area contributed by atoms with Crippen molar-refractivity contribution in [2.75, 3.05) is 0 Å². The van der Waals surface area contributed by atoms with Gasteiger partial charge in [0.15, 0.2) is 16.5 Å². The van der Waals surface area contributed by atoms with Crippen molar-refractivity contribution in [3.05, 3.63) is 75.2 Å². The van der Waals surface area contributed by atoms with Crippen LogP contribution in [0.1, 0.15) is 10.7 Å². The van der Waals surface area contributed by atoms with Crippen LogP contribution >= 0.6 is 34.5 Å². The van der Waals surface area contributed by atoms with Crippen LogP contribution in [0.25, 0.3) is 38.8 Å². The molecule has 2 aromatic carbocycles. The van der Waals surface area contributed by atoms with Crippen molar-refractivity contribution < 1.29 is 22.1 Å². The van der Waals surface area contributed by atoms with Gasteiger partial charge < -0.3 is 4.52 Å². The Bertz CT molecular complexity index is 1540. The average molecular weight is 540 g/mol. The first-order chi connectivity index (χ1) is 16.7. The maximum absolute atomic E-state index is 14.8. The van der Waals surface area contributed by atoms with E-state index in [4.69, 9.17) is 27.7 Å². The highest BCUT2D eigenvalue weighted by atomic mass is 35.5. The fourth-order valence-electron chi connectivity index (χ4n) is 3.56. The van der Waals surface area contributed by atoms with Crippen molar-refractivity contribution in [3.8, 4) is 38.8 Å². The minimum absolute atomic E-state index is 0.00450. The second-order valence-electron chi connectivity index (χ2n) is 7.23. The summed E-state index contributed by atoms with van der Waals surface area (Å²) >= 11 is 13.4. The Labute approximate surface area is 208 Å². The van der Waals surface area contributed by atoms with Gasteiger partial charge in [0.1, 0.15) is 16.5 Å². The third-order valence-corrected chi connectivity index (χ3v) is 6.49. The molecule has 0 bridgehead atoms. The number of rotatable bonds is 4. The molecule has 0 saturated heterocycles. The molecule has 0 amide bonds. The maximum Gasteiger partial charge on any atom is 0.434 e. The van der Waals surface area contributed by atoms with Crippen LogP contribution < -0.4 is 0 Å². The van der Waals surface area contributed by atoms with Crippen molar-refractivity contribution in [2.45, 2.75) is 13.1 Å². The summed E-state index contributed by atoms with van der Waals surface area (Å²) in [4.78, 5) is 0. The Balaban J connectivity index is 1.83. The molecule has 0 aliphatic carbocycles. The van der Waals surface area contributed by atoms with Gasteiger partial charge in [-0.3, -0.25) is 0 Å². The number of halogens is 6. The lowest BCUT2D eigenvalue weighted by molar-refractivity contribution is -0.142. The number of benzene rings is 2. The van der Waals surface area contributed by atoms with Crippen molar-refractivity contribution in [2.24, 2.45) is 0 Å². The summed E-state index contributed by atoms with van der Waals surface area (Å²) in [5.74, 6) is -1.05. The van der Waals surface area contributed by atoms with Crippen LogP contribution in [0, 0.1) is 12.7 Å². The van der Waals surface area contributed by atoms with Gasteiger partial charge in [0.05, 0.1) is 38.6 Å². The van der Waals surface area contributed by atoms with Crippen LogP contribution in [-0.4, -0.2) is 25.1 Å². The first-order valence-corrected chi connectivity index (χ1v) is 11.4. The monoisotopic (exact) mass is 539 g/mol. The van der Waals surface area contributed by atoms with E-state index in [0.29, 0.717) is 9.69 Å². The highest BCUT2D eigenvalue weighted by Gasteiger charge is 2.42. The summed E-state index contributed by atoms with van der Waals surface area (Å²) in [5.41, 5.74) is -1.83. The third kappa shape index (κ3) is 4.09. The molecule has 0 fully saturated rings. The van der Waals surface area contributed by atoms with Gasteiger partial charge in [-0.1, -0.05) is 57.9 Å². The number of nitrogens with zero attached hydrogens (tertiary/aromatic N) is 5. The molecule has 5 aromatic rings. The van der Waals surface area contributed by atoms with Crippen LogP contribution in [0.5, 0.6) is 0 Å². The van der Waals surface area contributed by atoms with Crippen LogP contribution in [0.3, 0.4) is 0 Å². The molecular formula is C22H11Cl2F4N5OS. The van der Waals surface area contributed by atoms with Gasteiger partial charge in [-0.25, -0.2) is 9.07 Å². The van der Waals surface area contributed by atoms with Crippen LogP contribution in [0.2, 0.25) is 10.0 Å². The largest absolute Gasteiger partial charge is 0.434 e. The summed E-state index contributed by atoms with van der Waals surface area (Å²) < 4.78 is 64.0. The Morgan fingerprint density at radius 2 is 1.71 bits per heavy atom. The molecule has 0 radical (unpaired) electrons. The normalized spacial score (nSPS) is 11.9. The summed E-state index contributed by atoms with van der Waals surface area (Å²) in [6.45, 7) is 1.67. The van der Waals surface area contributed by atoms with E-state index in [2.05, 4.69) is 20.5 Å². The van der Waals surface area contributed by atoms with E-state index in [0.717, 1.165) is 23.6 Å². The predicted octanol–water partition coefficient (Wildman–Crippen LogP) is 7.49. The topological polar surface area (TPSA) is 69.6 Å². The SMILES string of the molecule is Cc1nnc(-c2c(-c3c(F)cccc3Cl)noc2-c2cnn(-c3ccccc3Cl)c2C(F)(F)F)s1. The minimum Gasteiger partial charge on any atom is -0.355 e. The molecule has 3 aromatic heterocycles. The van der Waals surface area contributed by atoms with Crippen molar-refractivity contribution in [3.63, 3.8) is 0 Å². The zero-order chi connectivity index (χ0) is 24.9. The second-order valence-corrected chi connectivity index (χ2v) is 9.22. The molecule has 0 atom stereocenters. The Hall–Kier alpha value is -3.28. The molecule has 0 unspecified atom stereocenters. The third-order valence-electron chi connectivity index (χ3n) is 4.99. The number of para-hydroxylation sites is 1. The fourth-order valence-corrected chi connectivity index (χ4v) is 4.76. The number of alkyl halides is 3. The minimum atomic E-state index is -4.87. The van der Waals surface area contributed by atoms with Gasteiger partial charge in [-0.15, -0.1) is 10.2 Å². The highest BCUT2D eigenvalue weighted by molar-refractivity contribution is 7.14. The highest BCUT2D eigenvalue weighted by Crippen LogP contribution is 2.47. The van der Waals surface area contributed by atoms with Crippen molar-refractivity contribution in [1.29, 1.82) is 0 Å². The summed E-state index contributed by atoms with van der Waals surface area (Å²) in [5, 5.41) is 16.6. The molecule has 0 spiro atoms. The second kappa shape index (κ2) is 8.74. The lowest BCUT2D eigenvalue weighted by atomic mass is 10.0. The first kappa shape index (κ1) is 23.5. The van der Waals surface area contributed by atoms with Crippen LogP contribution in [-0.2, 0) is 6.18 Å². The first-order valence-electron chi connectivity index (χ1n) is 9.82. The standard InChI is InChI=1S/C22H11Cl2F4N5OS/c1-10-30-31-21(35-10)17-18(16-13(24)6-4-7-14(16)25)32-34-19(17)11-9-29-33(20(11)22(26,27)28)15-8-3-2-5-12(15)23/h2-9H,1H3. The molecule has 178 valence electrons. The summed E-state index contributed by atoms with van der Waals surface area (Å²) in [6.07, 6.45) is -3.89. The van der Waals surface area contributed by atoms with E-state index in [1.54, 1.807) is 13.0 Å². The number of hydrogen-bond donors (Lipinski definition) is 0. The van der Waals surface area contributed by atoms with E-state index < -0.39 is 23.3 Å². The smallest absolute Gasteiger partial charge is 0.355 e. The van der Waals surface area contributed by atoms with E-state index >= 15 is 0 Å². The van der Waals surface area contributed by atoms with E-state index in [9.17, 15) is 17.6 Å². The van der Waals surface area contributed by atoms with E-state index in [1.165, 1.54) is 30.3 Å². The molecule has 0 aliphatic rings. The number of aromatic nitrogens is 5. The molecule has 6 nitrogen and oxygen atoms in total. The molecule has 13 heteroatoms. The zero-order valence-electron chi connectivity index (χ0n) is 17.4. The van der Waals surface area contributed by atoms with Crippen molar-refractivity contribution >= 4 is 34.5 Å². The molecule has 0 N–H and O–H groups in total. The molecule has 5 rings (SSSR count). The van der Waals surface area contributed by atoms with Gasteiger partial charge in [0.25, 0.3) is 0 Å². The van der Waals surface area contributed by atoms with Gasteiger partial charge >= 0.3 is 6.18 Å². The van der Waals surface area contributed by atoms with Crippen molar-refractivity contribution in [1.82, 2.24) is 25.1 Å². The molecule has 0 saturated carbocycles. The predicted molar refractivity (Wildman–Crippen MR) is 123 cm³/mol. The van der Waals surface area contributed by atoms with E-state index in [-0.39, 0.29) is 43.3 Å². The average Bonchev–Trinajstić information content (AvgIpc) is 3.51.